The summed E-state index contributed by atoms with van der Waals surface area (Å²) in [5, 5.41) is 1.35. The lowest BCUT2D eigenvalue weighted by molar-refractivity contribution is 1.77. The largest absolute Gasteiger partial charge is 0.111 e. The normalized spacial score (nSPS) is 8.00. The number of benzene rings is 1. The lowest BCUT2D eigenvalue weighted by atomic mass is 10.4. The first-order valence-electron chi connectivity index (χ1n) is 2.86. The van der Waals surface area contributed by atoms with Gasteiger partial charge in [-0.1, -0.05) is 35.5 Å². The van der Waals surface area contributed by atoms with Crippen molar-refractivity contribution in [1.29, 1.82) is 0 Å². The summed E-state index contributed by atoms with van der Waals surface area (Å²) in [7, 11) is 0.751. The van der Waals surface area contributed by atoms with Crippen LogP contribution in [0.1, 0.15) is 0 Å². The molecule has 0 bridgehead atoms. The maximum absolute atomic E-state index is 3.67. The van der Waals surface area contributed by atoms with Crippen molar-refractivity contribution < 1.29 is 0 Å². The Kier molecular flexibility index (Phi) is 4.88. The van der Waals surface area contributed by atoms with Crippen LogP contribution in [0, 0.1) is 0 Å². The first-order valence-corrected chi connectivity index (χ1v) is 3.93. The minimum Gasteiger partial charge on any atom is -0.107 e. The predicted octanol–water partition coefficient (Wildman–Crippen LogP) is 0.779. The predicted molar refractivity (Wildman–Crippen MR) is 47.8 cm³/mol. The fourth-order valence-corrected chi connectivity index (χ4v) is 1.27. The van der Waals surface area contributed by atoms with Gasteiger partial charge in [-0.2, -0.15) is 0 Å². The van der Waals surface area contributed by atoms with Crippen molar-refractivity contribution in [1.82, 2.24) is 0 Å². The smallest absolute Gasteiger partial charge is 0.107 e. The zero-order valence-electron chi connectivity index (χ0n) is 5.67. The van der Waals surface area contributed by atoms with Gasteiger partial charge in [-0.05, 0) is 0 Å². The van der Waals surface area contributed by atoms with E-state index in [4.69, 9.17) is 0 Å². The standard InChI is InChI=1S/C8H8Si.Si/c1-2-9-8-6-4-3-5-7-8;/h2-7H,1H2;. The molecule has 0 N–H and O–H groups in total. The minimum atomic E-state index is 0. The zero-order chi connectivity index (χ0) is 6.53. The lowest BCUT2D eigenvalue weighted by Gasteiger charge is -1.89. The molecular formula is C8H8Si2. The minimum absolute atomic E-state index is 0. The third kappa shape index (κ3) is 2.80. The van der Waals surface area contributed by atoms with Crippen molar-refractivity contribution in [2.75, 3.05) is 0 Å². The fourth-order valence-electron chi connectivity index (χ4n) is 0.652. The molecule has 48 valence electrons. The highest BCUT2D eigenvalue weighted by Crippen LogP contribution is 1.80. The van der Waals surface area contributed by atoms with Gasteiger partial charge in [0.25, 0.3) is 0 Å². The van der Waals surface area contributed by atoms with Crippen LogP contribution in [0.25, 0.3) is 0 Å². The number of hydrogen-bond donors (Lipinski definition) is 0. The van der Waals surface area contributed by atoms with Crippen LogP contribution in [-0.4, -0.2) is 20.5 Å². The first kappa shape index (κ1) is 9.39. The van der Waals surface area contributed by atoms with Crippen molar-refractivity contribution in [2.45, 2.75) is 0 Å². The Bertz CT molecular complexity index is 182. The molecule has 0 aromatic heterocycles. The first-order chi connectivity index (χ1) is 4.43. The van der Waals surface area contributed by atoms with Gasteiger partial charge in [-0.25, -0.2) is 0 Å². The monoisotopic (exact) mass is 160 g/mol. The third-order valence-corrected chi connectivity index (χ3v) is 1.91. The van der Waals surface area contributed by atoms with Gasteiger partial charge in [0.15, 0.2) is 0 Å². The summed E-state index contributed by atoms with van der Waals surface area (Å²) in [5.74, 6) is 0. The van der Waals surface area contributed by atoms with Crippen molar-refractivity contribution in [3.8, 4) is 0 Å². The van der Waals surface area contributed by atoms with Crippen molar-refractivity contribution >= 4 is 25.7 Å². The summed E-state index contributed by atoms with van der Waals surface area (Å²) in [6, 6.07) is 10.3. The van der Waals surface area contributed by atoms with Gasteiger partial charge in [-0.3, -0.25) is 0 Å². The summed E-state index contributed by atoms with van der Waals surface area (Å²) in [6.45, 7) is 3.67. The summed E-state index contributed by atoms with van der Waals surface area (Å²) in [4.78, 5) is 0. The van der Waals surface area contributed by atoms with E-state index in [9.17, 15) is 0 Å². The highest BCUT2D eigenvalue weighted by Gasteiger charge is 1.84. The van der Waals surface area contributed by atoms with E-state index in [1.54, 1.807) is 0 Å². The molecule has 1 aromatic carbocycles. The molecule has 0 atom stereocenters. The van der Waals surface area contributed by atoms with Gasteiger partial charge in [-0.15, -0.1) is 12.3 Å². The highest BCUT2D eigenvalue weighted by atomic mass is 28.2. The molecule has 1 rings (SSSR count). The summed E-state index contributed by atoms with van der Waals surface area (Å²) in [5.41, 5.74) is 1.94. The van der Waals surface area contributed by atoms with E-state index in [0.29, 0.717) is 0 Å². The molecule has 0 amide bonds. The molecule has 0 nitrogen and oxygen atoms in total. The van der Waals surface area contributed by atoms with E-state index in [0.717, 1.165) is 9.52 Å². The molecule has 0 saturated heterocycles. The zero-order valence-corrected chi connectivity index (χ0v) is 7.67. The lowest BCUT2D eigenvalue weighted by Crippen LogP contribution is -2.09. The van der Waals surface area contributed by atoms with Gasteiger partial charge >= 0.3 is 0 Å². The van der Waals surface area contributed by atoms with Crippen LogP contribution in [0.15, 0.2) is 42.6 Å². The molecule has 6 radical (unpaired) electrons. The second-order valence-electron chi connectivity index (χ2n) is 1.71. The van der Waals surface area contributed by atoms with Crippen molar-refractivity contribution in [3.63, 3.8) is 0 Å². The van der Waals surface area contributed by atoms with E-state index in [2.05, 4.69) is 18.7 Å². The Balaban J connectivity index is 0.000000810. The van der Waals surface area contributed by atoms with Crippen LogP contribution in [0.2, 0.25) is 0 Å². The Morgan fingerprint density at radius 2 is 1.80 bits per heavy atom. The SMILES string of the molecule is C=C[Si]c1ccccc1.[Si]. The molecule has 0 spiro atoms. The van der Waals surface area contributed by atoms with Gasteiger partial charge in [0.1, 0.15) is 9.52 Å². The topological polar surface area (TPSA) is 0 Å². The van der Waals surface area contributed by atoms with Gasteiger partial charge in [0, 0.05) is 11.0 Å². The molecule has 1 aromatic rings. The molecule has 0 heterocycles. The van der Waals surface area contributed by atoms with Gasteiger partial charge in [0.2, 0.25) is 0 Å². The van der Waals surface area contributed by atoms with E-state index in [1.807, 2.05) is 23.9 Å². The number of hydrogen-bond acceptors (Lipinski definition) is 0. The average molecular weight is 160 g/mol. The molecule has 0 aliphatic rings. The molecular weight excluding hydrogens is 152 g/mol. The number of rotatable bonds is 2. The molecule has 0 aliphatic heterocycles. The highest BCUT2D eigenvalue weighted by molar-refractivity contribution is 6.58. The van der Waals surface area contributed by atoms with Crippen LogP contribution in [-0.2, 0) is 0 Å². The Morgan fingerprint density at radius 1 is 1.20 bits per heavy atom. The third-order valence-electron chi connectivity index (χ3n) is 1.04. The van der Waals surface area contributed by atoms with E-state index >= 15 is 0 Å². The second kappa shape index (κ2) is 5.20. The second-order valence-corrected chi connectivity index (χ2v) is 2.99. The maximum atomic E-state index is 3.67. The van der Waals surface area contributed by atoms with Crippen molar-refractivity contribution in [2.24, 2.45) is 0 Å². The van der Waals surface area contributed by atoms with Gasteiger partial charge in [0.05, 0.1) is 0 Å². The summed E-state index contributed by atoms with van der Waals surface area (Å²) < 4.78 is 0. The Labute approximate surface area is 68.8 Å². The van der Waals surface area contributed by atoms with Gasteiger partial charge < -0.3 is 0 Å². The van der Waals surface area contributed by atoms with Crippen LogP contribution < -0.4 is 5.19 Å². The molecule has 0 saturated carbocycles. The average Bonchev–Trinajstić information content (AvgIpc) is 1.91. The Morgan fingerprint density at radius 3 is 2.30 bits per heavy atom. The van der Waals surface area contributed by atoms with Crippen molar-refractivity contribution in [3.05, 3.63) is 42.6 Å². The Hall–Kier alpha value is -0.606. The molecule has 0 aliphatic carbocycles. The quantitative estimate of drug-likeness (QED) is 0.561. The fraction of sp³-hybridized carbons (Fsp3) is 0. The van der Waals surface area contributed by atoms with Crippen LogP contribution >= 0.6 is 0 Å². The van der Waals surface area contributed by atoms with Crippen LogP contribution in [0.4, 0.5) is 0 Å². The molecule has 10 heavy (non-hydrogen) atoms. The van der Waals surface area contributed by atoms with Crippen LogP contribution in [0.5, 0.6) is 0 Å². The molecule has 0 unspecified atom stereocenters. The maximum Gasteiger partial charge on any atom is 0.111 e. The summed E-state index contributed by atoms with van der Waals surface area (Å²) in [6.07, 6.45) is 0. The van der Waals surface area contributed by atoms with E-state index < -0.39 is 0 Å². The van der Waals surface area contributed by atoms with E-state index in [1.165, 1.54) is 5.19 Å². The van der Waals surface area contributed by atoms with Crippen LogP contribution in [0.3, 0.4) is 0 Å². The summed E-state index contributed by atoms with van der Waals surface area (Å²) >= 11 is 0. The molecule has 2 heteroatoms. The van der Waals surface area contributed by atoms with E-state index in [-0.39, 0.29) is 11.0 Å². The molecule has 0 fully saturated rings.